The van der Waals surface area contributed by atoms with Crippen LogP contribution in [0.3, 0.4) is 0 Å². The third-order valence-corrected chi connectivity index (χ3v) is 5.17. The number of fused-ring (bicyclic) bond motifs is 1. The van der Waals surface area contributed by atoms with Gasteiger partial charge in [-0.15, -0.1) is 0 Å². The average molecular weight is 394 g/mol. The Bertz CT molecular complexity index is 1310. The fourth-order valence-electron chi connectivity index (χ4n) is 3.70. The SMILES string of the molecule is O=C(O)c1ccc(-c2nc3ccc(C(c4ccccc4)n4ccnc4)cc3[nH]2)cc1. The Morgan fingerprint density at radius 1 is 0.967 bits per heavy atom. The molecule has 2 aromatic heterocycles. The smallest absolute Gasteiger partial charge is 0.335 e. The molecule has 1 unspecified atom stereocenters. The van der Waals surface area contributed by atoms with Gasteiger partial charge in [0.2, 0.25) is 0 Å². The summed E-state index contributed by atoms with van der Waals surface area (Å²) in [5, 5.41) is 9.09. The summed E-state index contributed by atoms with van der Waals surface area (Å²) in [6.45, 7) is 0. The van der Waals surface area contributed by atoms with Crippen LogP contribution < -0.4 is 0 Å². The quantitative estimate of drug-likeness (QED) is 0.450. The molecule has 3 aromatic carbocycles. The largest absolute Gasteiger partial charge is 0.478 e. The fourth-order valence-corrected chi connectivity index (χ4v) is 3.70. The van der Waals surface area contributed by atoms with Crippen LogP contribution in [0.1, 0.15) is 27.5 Å². The first-order valence-corrected chi connectivity index (χ1v) is 9.55. The van der Waals surface area contributed by atoms with Gasteiger partial charge in [-0.05, 0) is 35.4 Å². The van der Waals surface area contributed by atoms with E-state index in [2.05, 4.69) is 43.8 Å². The van der Waals surface area contributed by atoms with Crippen molar-refractivity contribution in [2.24, 2.45) is 0 Å². The number of H-pyrrole nitrogens is 1. The summed E-state index contributed by atoms with van der Waals surface area (Å²) in [6.07, 6.45) is 5.57. The summed E-state index contributed by atoms with van der Waals surface area (Å²) in [7, 11) is 0. The molecule has 0 aliphatic heterocycles. The van der Waals surface area contributed by atoms with Crippen molar-refractivity contribution >= 4 is 17.0 Å². The first-order valence-electron chi connectivity index (χ1n) is 9.55. The molecule has 30 heavy (non-hydrogen) atoms. The van der Waals surface area contributed by atoms with E-state index in [0.29, 0.717) is 5.82 Å². The number of hydrogen-bond acceptors (Lipinski definition) is 3. The second-order valence-electron chi connectivity index (χ2n) is 7.07. The van der Waals surface area contributed by atoms with Crippen LogP contribution in [0, 0.1) is 0 Å². The molecule has 0 spiro atoms. The maximum absolute atomic E-state index is 11.1. The zero-order valence-electron chi connectivity index (χ0n) is 15.9. The van der Waals surface area contributed by atoms with Gasteiger partial charge in [0.1, 0.15) is 5.82 Å². The Labute approximate surface area is 172 Å². The van der Waals surface area contributed by atoms with Crippen molar-refractivity contribution in [3.05, 3.63) is 108 Å². The minimum atomic E-state index is -0.942. The second-order valence-corrected chi connectivity index (χ2v) is 7.07. The second kappa shape index (κ2) is 7.33. The Morgan fingerprint density at radius 2 is 1.77 bits per heavy atom. The van der Waals surface area contributed by atoms with Gasteiger partial charge in [-0.3, -0.25) is 0 Å². The molecule has 6 heteroatoms. The number of nitrogens with zero attached hydrogens (tertiary/aromatic N) is 3. The molecule has 0 aliphatic rings. The number of aromatic nitrogens is 4. The molecule has 0 radical (unpaired) electrons. The maximum atomic E-state index is 11.1. The molecule has 0 saturated carbocycles. The monoisotopic (exact) mass is 394 g/mol. The van der Waals surface area contributed by atoms with E-state index in [4.69, 9.17) is 5.11 Å². The normalized spacial score (nSPS) is 12.1. The zero-order valence-corrected chi connectivity index (χ0v) is 15.9. The highest BCUT2D eigenvalue weighted by Crippen LogP contribution is 2.29. The van der Waals surface area contributed by atoms with Crippen molar-refractivity contribution < 1.29 is 9.90 Å². The third-order valence-electron chi connectivity index (χ3n) is 5.17. The summed E-state index contributed by atoms with van der Waals surface area (Å²) in [6, 6.07) is 23.2. The van der Waals surface area contributed by atoms with E-state index in [9.17, 15) is 4.79 Å². The molecule has 2 heterocycles. The lowest BCUT2D eigenvalue weighted by molar-refractivity contribution is 0.0697. The summed E-state index contributed by atoms with van der Waals surface area (Å²) >= 11 is 0. The number of nitrogens with one attached hydrogen (secondary N) is 1. The van der Waals surface area contributed by atoms with E-state index in [0.717, 1.165) is 22.2 Å². The van der Waals surface area contributed by atoms with Crippen LogP contribution in [0.15, 0.2) is 91.5 Å². The van der Waals surface area contributed by atoms with Gasteiger partial charge in [0.05, 0.1) is 29.0 Å². The molecule has 0 bridgehead atoms. The van der Waals surface area contributed by atoms with Gasteiger partial charge in [-0.1, -0.05) is 48.5 Å². The van der Waals surface area contributed by atoms with Crippen molar-refractivity contribution in [1.82, 2.24) is 19.5 Å². The van der Waals surface area contributed by atoms with Crippen molar-refractivity contribution in [2.75, 3.05) is 0 Å². The van der Waals surface area contributed by atoms with Crippen molar-refractivity contribution in [2.45, 2.75) is 6.04 Å². The van der Waals surface area contributed by atoms with E-state index in [1.807, 2.05) is 36.8 Å². The van der Waals surface area contributed by atoms with Crippen LogP contribution in [0.25, 0.3) is 22.4 Å². The highest BCUT2D eigenvalue weighted by Gasteiger charge is 2.17. The Balaban J connectivity index is 1.56. The average Bonchev–Trinajstić information content (AvgIpc) is 3.45. The van der Waals surface area contributed by atoms with Gasteiger partial charge >= 0.3 is 5.97 Å². The van der Waals surface area contributed by atoms with Crippen LogP contribution in [0.5, 0.6) is 0 Å². The molecule has 0 aliphatic carbocycles. The minimum absolute atomic E-state index is 0.000278. The fraction of sp³-hybridized carbons (Fsp3) is 0.0417. The number of aromatic amines is 1. The van der Waals surface area contributed by atoms with Crippen LogP contribution in [-0.4, -0.2) is 30.6 Å². The Kier molecular flexibility index (Phi) is 4.37. The van der Waals surface area contributed by atoms with Crippen LogP contribution in [0.2, 0.25) is 0 Å². The lowest BCUT2D eigenvalue weighted by atomic mass is 9.98. The van der Waals surface area contributed by atoms with Crippen molar-refractivity contribution in [1.29, 1.82) is 0 Å². The number of imidazole rings is 2. The van der Waals surface area contributed by atoms with Crippen molar-refractivity contribution in [3.63, 3.8) is 0 Å². The van der Waals surface area contributed by atoms with Gasteiger partial charge in [0.25, 0.3) is 0 Å². The number of carboxylic acid groups (broad SMARTS) is 1. The molecule has 2 N–H and O–H groups in total. The highest BCUT2D eigenvalue weighted by molar-refractivity contribution is 5.88. The molecule has 0 saturated heterocycles. The lowest BCUT2D eigenvalue weighted by Crippen LogP contribution is -2.10. The number of benzene rings is 3. The van der Waals surface area contributed by atoms with Gasteiger partial charge < -0.3 is 14.7 Å². The predicted octanol–water partition coefficient (Wildman–Crippen LogP) is 4.76. The van der Waals surface area contributed by atoms with Crippen LogP contribution >= 0.6 is 0 Å². The van der Waals surface area contributed by atoms with E-state index < -0.39 is 5.97 Å². The molecular formula is C24H18N4O2. The zero-order chi connectivity index (χ0) is 20.5. The highest BCUT2D eigenvalue weighted by atomic mass is 16.4. The van der Waals surface area contributed by atoms with E-state index in [-0.39, 0.29) is 11.6 Å². The topological polar surface area (TPSA) is 83.8 Å². The molecule has 5 rings (SSSR count). The lowest BCUT2D eigenvalue weighted by Gasteiger charge is -2.19. The standard InChI is InChI=1S/C24H18N4O2/c29-24(30)18-8-6-17(7-9-18)23-26-20-11-10-19(14-21(20)27-23)22(28-13-12-25-15-28)16-4-2-1-3-5-16/h1-15,22H,(H,26,27)(H,29,30). The third kappa shape index (κ3) is 3.24. The first-order chi connectivity index (χ1) is 14.7. The number of rotatable bonds is 5. The van der Waals surface area contributed by atoms with Crippen LogP contribution in [-0.2, 0) is 0 Å². The number of carbonyl (C=O) groups is 1. The summed E-state index contributed by atoms with van der Waals surface area (Å²) in [4.78, 5) is 23.3. The molecular weight excluding hydrogens is 376 g/mol. The molecule has 146 valence electrons. The Morgan fingerprint density at radius 3 is 2.47 bits per heavy atom. The molecule has 1 atom stereocenters. The van der Waals surface area contributed by atoms with Crippen molar-refractivity contribution in [3.8, 4) is 11.4 Å². The van der Waals surface area contributed by atoms with Gasteiger partial charge in [0, 0.05) is 18.0 Å². The predicted molar refractivity (Wildman–Crippen MR) is 114 cm³/mol. The summed E-state index contributed by atoms with van der Waals surface area (Å²) in [5.74, 6) is -0.236. The van der Waals surface area contributed by atoms with E-state index in [1.165, 1.54) is 5.56 Å². The number of hydrogen-bond donors (Lipinski definition) is 2. The molecule has 5 aromatic rings. The first kappa shape index (κ1) is 17.9. The Hall–Kier alpha value is -4.19. The van der Waals surface area contributed by atoms with Gasteiger partial charge in [-0.25, -0.2) is 14.8 Å². The molecule has 0 amide bonds. The number of aromatic carboxylic acids is 1. The summed E-state index contributed by atoms with van der Waals surface area (Å²) in [5.41, 5.74) is 5.15. The van der Waals surface area contributed by atoms with Crippen LogP contribution in [0.4, 0.5) is 0 Å². The number of carboxylic acids is 1. The van der Waals surface area contributed by atoms with E-state index >= 15 is 0 Å². The summed E-state index contributed by atoms with van der Waals surface area (Å²) < 4.78 is 2.08. The maximum Gasteiger partial charge on any atom is 0.335 e. The van der Waals surface area contributed by atoms with E-state index in [1.54, 1.807) is 30.5 Å². The molecule has 0 fully saturated rings. The van der Waals surface area contributed by atoms with Gasteiger partial charge in [0.15, 0.2) is 0 Å². The molecule has 6 nitrogen and oxygen atoms in total. The minimum Gasteiger partial charge on any atom is -0.478 e. The van der Waals surface area contributed by atoms with Gasteiger partial charge in [-0.2, -0.15) is 0 Å².